The zero-order valence-corrected chi connectivity index (χ0v) is 15.8. The number of nitrogens with zero attached hydrogens (tertiary/aromatic N) is 6. The van der Waals surface area contributed by atoms with Gasteiger partial charge in [0.2, 0.25) is 11.6 Å². The molecular weight excluding hydrogens is 392 g/mol. The molecule has 144 valence electrons. The summed E-state index contributed by atoms with van der Waals surface area (Å²) in [6.07, 6.45) is 1.67. The zero-order chi connectivity index (χ0) is 19.8. The molecule has 1 aliphatic rings. The summed E-state index contributed by atoms with van der Waals surface area (Å²) < 4.78 is 6.00. The standard InChI is InChI=1S/C18H14N8O2S/c19-16-17(24-28-23-16)26-15(13-6-3-9-29-13)14(21-25-26)18(27)22-20-12-8-7-10-4-1-2-5-11(10)12/h1-6,9H,7-8H2,(H2,19,23)(H,22,27). The number of nitrogens with one attached hydrogen (secondary N) is 1. The van der Waals surface area contributed by atoms with Gasteiger partial charge in [0.15, 0.2) is 5.69 Å². The number of nitrogens with two attached hydrogens (primary N) is 1. The number of rotatable bonds is 4. The number of carbonyl (C=O) groups excluding carboxylic acids is 1. The maximum absolute atomic E-state index is 12.9. The number of anilines is 1. The van der Waals surface area contributed by atoms with E-state index in [1.165, 1.54) is 21.6 Å². The number of nitrogen functional groups attached to an aromatic ring is 1. The average Bonchev–Trinajstić information content (AvgIpc) is 3.51. The molecule has 10 nitrogen and oxygen atoms in total. The number of hydrazone groups is 1. The molecule has 0 saturated carbocycles. The van der Waals surface area contributed by atoms with E-state index in [9.17, 15) is 4.79 Å². The van der Waals surface area contributed by atoms with E-state index in [4.69, 9.17) is 5.73 Å². The van der Waals surface area contributed by atoms with Crippen LogP contribution in [0.1, 0.15) is 28.0 Å². The molecule has 0 spiro atoms. The second-order valence-corrected chi connectivity index (χ2v) is 7.25. The van der Waals surface area contributed by atoms with Crippen molar-refractivity contribution in [3.63, 3.8) is 0 Å². The first-order valence-corrected chi connectivity index (χ1v) is 9.63. The molecule has 0 saturated heterocycles. The molecule has 3 heterocycles. The molecule has 11 heteroatoms. The molecule has 0 bridgehead atoms. The van der Waals surface area contributed by atoms with Gasteiger partial charge in [-0.1, -0.05) is 35.5 Å². The summed E-state index contributed by atoms with van der Waals surface area (Å²) in [5, 5.41) is 21.6. The summed E-state index contributed by atoms with van der Waals surface area (Å²) in [6.45, 7) is 0. The predicted octanol–water partition coefficient (Wildman–Crippen LogP) is 2.04. The second kappa shape index (κ2) is 6.95. The molecule has 1 amide bonds. The molecule has 1 aromatic carbocycles. The molecule has 5 rings (SSSR count). The van der Waals surface area contributed by atoms with Gasteiger partial charge in [-0.05, 0) is 40.2 Å². The van der Waals surface area contributed by atoms with Crippen LogP contribution in [-0.2, 0) is 6.42 Å². The first-order chi connectivity index (χ1) is 14.2. The molecule has 0 aliphatic heterocycles. The Morgan fingerprint density at radius 3 is 2.90 bits per heavy atom. The molecule has 0 atom stereocenters. The van der Waals surface area contributed by atoms with Crippen LogP contribution in [0, 0.1) is 0 Å². The van der Waals surface area contributed by atoms with Gasteiger partial charge in [0, 0.05) is 5.56 Å². The van der Waals surface area contributed by atoms with Crippen LogP contribution in [0.4, 0.5) is 5.82 Å². The van der Waals surface area contributed by atoms with Crippen LogP contribution in [0.3, 0.4) is 0 Å². The Morgan fingerprint density at radius 1 is 1.21 bits per heavy atom. The van der Waals surface area contributed by atoms with E-state index >= 15 is 0 Å². The van der Waals surface area contributed by atoms with Gasteiger partial charge in [-0.15, -0.1) is 16.4 Å². The third kappa shape index (κ3) is 2.97. The molecule has 0 unspecified atom stereocenters. The minimum atomic E-state index is -0.480. The highest BCUT2D eigenvalue weighted by atomic mass is 32.1. The zero-order valence-electron chi connectivity index (χ0n) is 14.9. The highest BCUT2D eigenvalue weighted by Gasteiger charge is 2.26. The van der Waals surface area contributed by atoms with Crippen molar-refractivity contribution in [2.45, 2.75) is 12.8 Å². The summed E-state index contributed by atoms with van der Waals surface area (Å²) in [6, 6.07) is 11.7. The number of fused-ring (bicyclic) bond motifs is 1. The van der Waals surface area contributed by atoms with Crippen molar-refractivity contribution in [1.29, 1.82) is 0 Å². The summed E-state index contributed by atoms with van der Waals surface area (Å²) in [4.78, 5) is 13.6. The Hall–Kier alpha value is -3.86. The smallest absolute Gasteiger partial charge is 0.294 e. The normalized spacial score (nSPS) is 14.3. The van der Waals surface area contributed by atoms with Gasteiger partial charge in [-0.3, -0.25) is 4.79 Å². The Bertz CT molecular complexity index is 1220. The van der Waals surface area contributed by atoms with Gasteiger partial charge in [-0.2, -0.15) is 9.78 Å². The van der Waals surface area contributed by atoms with Crippen molar-refractivity contribution in [3.05, 3.63) is 58.6 Å². The number of aryl methyl sites for hydroxylation is 1. The molecule has 0 fully saturated rings. The number of aromatic nitrogens is 5. The van der Waals surface area contributed by atoms with Crippen molar-refractivity contribution >= 4 is 28.8 Å². The third-order valence-electron chi connectivity index (χ3n) is 4.59. The highest BCUT2D eigenvalue weighted by Crippen LogP contribution is 2.30. The molecule has 3 N–H and O–H groups in total. The van der Waals surface area contributed by atoms with Crippen LogP contribution in [0.2, 0.25) is 0 Å². The molecular formula is C18H14N8O2S. The van der Waals surface area contributed by atoms with Crippen molar-refractivity contribution in [1.82, 2.24) is 30.7 Å². The number of hydrogen-bond acceptors (Lipinski definition) is 9. The molecule has 1 aliphatic carbocycles. The lowest BCUT2D eigenvalue weighted by Crippen LogP contribution is -2.21. The minimum absolute atomic E-state index is 0.0440. The van der Waals surface area contributed by atoms with Crippen LogP contribution < -0.4 is 11.2 Å². The number of hydrogen-bond donors (Lipinski definition) is 2. The molecule has 4 aromatic rings. The van der Waals surface area contributed by atoms with Crippen molar-refractivity contribution in [2.24, 2.45) is 5.10 Å². The number of benzene rings is 1. The van der Waals surface area contributed by atoms with E-state index in [-0.39, 0.29) is 17.3 Å². The van der Waals surface area contributed by atoms with E-state index in [2.05, 4.69) is 41.8 Å². The molecule has 0 radical (unpaired) electrons. The molecule has 3 aromatic heterocycles. The van der Waals surface area contributed by atoms with Gasteiger partial charge in [0.05, 0.1) is 10.6 Å². The van der Waals surface area contributed by atoms with E-state index in [0.717, 1.165) is 29.0 Å². The van der Waals surface area contributed by atoms with Crippen LogP contribution in [0.5, 0.6) is 0 Å². The maximum Gasteiger partial charge on any atom is 0.294 e. The number of amides is 1. The Morgan fingerprint density at radius 2 is 2.10 bits per heavy atom. The van der Waals surface area contributed by atoms with Crippen molar-refractivity contribution in [3.8, 4) is 16.4 Å². The van der Waals surface area contributed by atoms with Crippen LogP contribution >= 0.6 is 11.3 Å². The summed E-state index contributed by atoms with van der Waals surface area (Å²) in [5.74, 6) is -0.273. The Kier molecular flexibility index (Phi) is 4.13. The maximum atomic E-state index is 12.9. The largest absolute Gasteiger partial charge is 0.378 e. The average molecular weight is 406 g/mol. The topological polar surface area (TPSA) is 137 Å². The van der Waals surface area contributed by atoms with Crippen LogP contribution in [-0.4, -0.2) is 36.9 Å². The van der Waals surface area contributed by atoms with E-state index in [1.54, 1.807) is 0 Å². The van der Waals surface area contributed by atoms with E-state index in [0.29, 0.717) is 5.69 Å². The van der Waals surface area contributed by atoms with Crippen LogP contribution in [0.15, 0.2) is 51.5 Å². The fourth-order valence-corrected chi connectivity index (χ4v) is 4.01. The van der Waals surface area contributed by atoms with E-state index < -0.39 is 5.91 Å². The fourth-order valence-electron chi connectivity index (χ4n) is 3.25. The quantitative estimate of drug-likeness (QED) is 0.495. The lowest BCUT2D eigenvalue weighted by atomic mass is 10.1. The highest BCUT2D eigenvalue weighted by molar-refractivity contribution is 7.13. The first-order valence-electron chi connectivity index (χ1n) is 8.75. The predicted molar refractivity (Wildman–Crippen MR) is 106 cm³/mol. The van der Waals surface area contributed by atoms with Crippen molar-refractivity contribution in [2.75, 3.05) is 5.73 Å². The van der Waals surface area contributed by atoms with Gasteiger partial charge < -0.3 is 5.73 Å². The monoisotopic (exact) mass is 406 g/mol. The van der Waals surface area contributed by atoms with Gasteiger partial charge in [0.1, 0.15) is 5.69 Å². The Balaban J connectivity index is 1.50. The third-order valence-corrected chi connectivity index (χ3v) is 5.46. The van der Waals surface area contributed by atoms with Crippen LogP contribution in [0.25, 0.3) is 16.4 Å². The first kappa shape index (κ1) is 17.3. The van der Waals surface area contributed by atoms with E-state index in [1.807, 2.05) is 35.7 Å². The fraction of sp³-hybridized carbons (Fsp3) is 0.111. The van der Waals surface area contributed by atoms with Gasteiger partial charge in [-0.25, -0.2) is 10.1 Å². The van der Waals surface area contributed by atoms with Gasteiger partial charge in [0.25, 0.3) is 5.91 Å². The SMILES string of the molecule is Nc1nonc1-n1nnc(C(=O)NN=C2CCc3ccccc32)c1-c1cccs1. The Labute approximate surface area is 168 Å². The minimum Gasteiger partial charge on any atom is -0.378 e. The van der Waals surface area contributed by atoms with Gasteiger partial charge >= 0.3 is 0 Å². The second-order valence-electron chi connectivity index (χ2n) is 6.31. The summed E-state index contributed by atoms with van der Waals surface area (Å²) in [7, 11) is 0. The van der Waals surface area contributed by atoms with Crippen molar-refractivity contribution < 1.29 is 9.42 Å². The lowest BCUT2D eigenvalue weighted by molar-refractivity contribution is 0.0950. The lowest BCUT2D eigenvalue weighted by Gasteiger charge is -2.04. The number of thiophene rings is 1. The summed E-state index contributed by atoms with van der Waals surface area (Å²) >= 11 is 1.43. The number of carbonyl (C=O) groups is 1. The summed E-state index contributed by atoms with van der Waals surface area (Å²) in [5.41, 5.74) is 12.0. The molecule has 29 heavy (non-hydrogen) atoms.